The maximum atomic E-state index is 6.12. The number of fused-ring (bicyclic) bond motifs is 5. The van der Waals surface area contributed by atoms with Crippen LogP contribution >= 0.6 is 0 Å². The first kappa shape index (κ1) is 17.2. The van der Waals surface area contributed by atoms with Crippen molar-refractivity contribution in [1.29, 1.82) is 0 Å². The third-order valence-electron chi connectivity index (χ3n) is 6.03. The van der Waals surface area contributed by atoms with Gasteiger partial charge in [-0.3, -0.25) is 0 Å². The van der Waals surface area contributed by atoms with E-state index < -0.39 is 0 Å². The molecule has 4 nitrogen and oxygen atoms in total. The molecule has 0 saturated carbocycles. The van der Waals surface area contributed by atoms with E-state index in [4.69, 9.17) is 9.47 Å². The van der Waals surface area contributed by atoms with Crippen molar-refractivity contribution in [3.05, 3.63) is 96.1 Å². The molecule has 2 aliphatic rings. The quantitative estimate of drug-likeness (QED) is 0.445. The van der Waals surface area contributed by atoms with Crippen LogP contribution in [0.1, 0.15) is 11.1 Å². The van der Waals surface area contributed by atoms with Crippen LogP contribution in [0, 0.1) is 0 Å². The predicted octanol–water partition coefficient (Wildman–Crippen LogP) is 5.55. The molecule has 4 aromatic carbocycles. The molecular weight excluding hydrogens is 372 g/mol. The summed E-state index contributed by atoms with van der Waals surface area (Å²) in [5.74, 6) is 1.96. The highest BCUT2D eigenvalue weighted by atomic mass is 16.5. The van der Waals surface area contributed by atoms with Gasteiger partial charge in [-0.2, -0.15) is 0 Å². The lowest BCUT2D eigenvalue weighted by Gasteiger charge is -2.34. The average Bonchev–Trinajstić information content (AvgIpc) is 2.84. The molecule has 0 unspecified atom stereocenters. The Hall–Kier alpha value is -3.66. The van der Waals surface area contributed by atoms with Gasteiger partial charge in [-0.05, 0) is 47.2 Å². The molecule has 148 valence electrons. The summed E-state index contributed by atoms with van der Waals surface area (Å²) in [7, 11) is 0. The summed E-state index contributed by atoms with van der Waals surface area (Å²) in [6.45, 7) is 2.80. The van der Waals surface area contributed by atoms with Crippen molar-refractivity contribution in [2.24, 2.45) is 0 Å². The summed E-state index contributed by atoms with van der Waals surface area (Å²) in [5.41, 5.74) is 4.83. The van der Waals surface area contributed by atoms with Crippen LogP contribution < -0.4 is 19.3 Å². The Morgan fingerprint density at radius 1 is 0.500 bits per heavy atom. The highest BCUT2D eigenvalue weighted by Crippen LogP contribution is 2.40. The van der Waals surface area contributed by atoms with Gasteiger partial charge in [-0.25, -0.2) is 0 Å². The van der Waals surface area contributed by atoms with Gasteiger partial charge in [0.15, 0.2) is 13.5 Å². The first-order chi connectivity index (χ1) is 14.9. The Bertz CT molecular complexity index is 1110. The van der Waals surface area contributed by atoms with Crippen molar-refractivity contribution in [1.82, 2.24) is 0 Å². The van der Waals surface area contributed by atoms with Gasteiger partial charge in [0.1, 0.15) is 11.5 Å². The number of rotatable bonds is 2. The summed E-state index contributed by atoms with van der Waals surface area (Å²) < 4.78 is 12.2. The van der Waals surface area contributed by atoms with E-state index in [0.717, 1.165) is 24.6 Å². The lowest BCUT2D eigenvalue weighted by atomic mass is 9.96. The van der Waals surface area contributed by atoms with E-state index in [0.29, 0.717) is 13.5 Å². The molecule has 4 heteroatoms. The molecule has 0 spiro atoms. The second-order valence-electron chi connectivity index (χ2n) is 7.79. The normalized spacial score (nSPS) is 15.2. The molecule has 0 bridgehead atoms. The summed E-state index contributed by atoms with van der Waals surface area (Å²) in [5, 5.41) is 2.48. The van der Waals surface area contributed by atoms with Gasteiger partial charge in [0.05, 0.1) is 13.1 Å². The molecular formula is C26H22N2O2. The van der Waals surface area contributed by atoms with Crippen molar-refractivity contribution in [3.63, 3.8) is 0 Å². The fraction of sp³-hybridized carbons (Fsp3) is 0.154. The molecule has 0 radical (unpaired) electrons. The van der Waals surface area contributed by atoms with E-state index in [2.05, 4.69) is 82.6 Å². The smallest absolute Gasteiger partial charge is 0.161 e. The van der Waals surface area contributed by atoms with Crippen molar-refractivity contribution in [2.75, 3.05) is 23.3 Å². The van der Waals surface area contributed by atoms with Crippen LogP contribution in [0.2, 0.25) is 0 Å². The van der Waals surface area contributed by atoms with E-state index in [1.807, 2.05) is 12.1 Å². The van der Waals surface area contributed by atoms with Crippen LogP contribution in [0.15, 0.2) is 84.9 Å². The third kappa shape index (κ3) is 2.84. The van der Waals surface area contributed by atoms with E-state index >= 15 is 0 Å². The minimum atomic E-state index is 0.568. The van der Waals surface area contributed by atoms with E-state index in [9.17, 15) is 0 Å². The maximum absolute atomic E-state index is 6.12. The molecule has 0 N–H and O–H groups in total. The van der Waals surface area contributed by atoms with Crippen molar-refractivity contribution in [3.8, 4) is 11.5 Å². The molecule has 0 fully saturated rings. The zero-order valence-corrected chi connectivity index (χ0v) is 16.6. The van der Waals surface area contributed by atoms with Gasteiger partial charge in [0.2, 0.25) is 0 Å². The molecule has 6 rings (SSSR count). The minimum Gasteiger partial charge on any atom is -0.473 e. The zero-order valence-electron chi connectivity index (χ0n) is 16.6. The van der Waals surface area contributed by atoms with E-state index in [1.54, 1.807) is 0 Å². The zero-order chi connectivity index (χ0) is 19.9. The van der Waals surface area contributed by atoms with Crippen LogP contribution in [0.4, 0.5) is 11.4 Å². The van der Waals surface area contributed by atoms with Crippen LogP contribution in [0.5, 0.6) is 11.5 Å². The predicted molar refractivity (Wildman–Crippen MR) is 120 cm³/mol. The Kier molecular flexibility index (Phi) is 4.01. The summed E-state index contributed by atoms with van der Waals surface area (Å²) in [6.07, 6.45) is 0. The Labute approximate surface area is 175 Å². The van der Waals surface area contributed by atoms with Gasteiger partial charge in [-0.1, -0.05) is 48.5 Å². The number of benzene rings is 4. The lowest BCUT2D eigenvalue weighted by Crippen LogP contribution is -2.33. The van der Waals surface area contributed by atoms with Crippen molar-refractivity contribution < 1.29 is 9.47 Å². The molecule has 0 atom stereocenters. The topological polar surface area (TPSA) is 24.9 Å². The number of para-hydroxylation sites is 2. The summed E-state index contributed by atoms with van der Waals surface area (Å²) in [4.78, 5) is 4.54. The Morgan fingerprint density at radius 3 is 1.37 bits per heavy atom. The fourth-order valence-electron chi connectivity index (χ4n) is 4.46. The van der Waals surface area contributed by atoms with E-state index in [-0.39, 0.29) is 0 Å². The molecule has 30 heavy (non-hydrogen) atoms. The number of hydrogen-bond donors (Lipinski definition) is 0. The molecule has 4 aromatic rings. The molecule has 0 aromatic heterocycles. The summed E-state index contributed by atoms with van der Waals surface area (Å²) in [6, 6.07) is 29.5. The average molecular weight is 394 g/mol. The molecule has 2 aliphatic heterocycles. The Balaban J connectivity index is 1.41. The Morgan fingerprint density at radius 2 is 0.933 bits per heavy atom. The van der Waals surface area contributed by atoms with Crippen LogP contribution in [-0.4, -0.2) is 13.5 Å². The SMILES string of the molecule is c1ccc(N2COc3ccc4c5c(ccc4c3C2)OCN(c2ccccc2)C5)cc1. The molecule has 0 amide bonds. The third-order valence-corrected chi connectivity index (χ3v) is 6.03. The number of ether oxygens (including phenoxy) is 2. The van der Waals surface area contributed by atoms with Crippen LogP contribution in [0.3, 0.4) is 0 Å². The second-order valence-corrected chi connectivity index (χ2v) is 7.79. The minimum absolute atomic E-state index is 0.568. The highest BCUT2D eigenvalue weighted by Gasteiger charge is 2.24. The standard InChI is InChI=1S/C26H22N2O2/c1-3-7-19(8-4-1)27-15-23-21-11-14-26-24(22(21)12-13-25(23)29-17-27)16-28(18-30-26)20-9-5-2-6-10-20/h1-14H,15-18H2. The highest BCUT2D eigenvalue weighted by molar-refractivity contribution is 5.93. The van der Waals surface area contributed by atoms with Crippen molar-refractivity contribution in [2.45, 2.75) is 13.1 Å². The molecule has 0 aliphatic carbocycles. The molecule has 2 heterocycles. The fourth-order valence-corrected chi connectivity index (χ4v) is 4.46. The molecule has 0 saturated heterocycles. The largest absolute Gasteiger partial charge is 0.473 e. The maximum Gasteiger partial charge on any atom is 0.161 e. The van der Waals surface area contributed by atoms with Gasteiger partial charge in [-0.15, -0.1) is 0 Å². The van der Waals surface area contributed by atoms with Gasteiger partial charge in [0.25, 0.3) is 0 Å². The summed E-state index contributed by atoms with van der Waals surface area (Å²) >= 11 is 0. The first-order valence-corrected chi connectivity index (χ1v) is 10.3. The second kappa shape index (κ2) is 6.99. The monoisotopic (exact) mass is 394 g/mol. The van der Waals surface area contributed by atoms with Gasteiger partial charge in [0, 0.05) is 22.5 Å². The van der Waals surface area contributed by atoms with Crippen LogP contribution in [0.25, 0.3) is 10.8 Å². The number of anilines is 2. The lowest BCUT2D eigenvalue weighted by molar-refractivity contribution is 0.289. The van der Waals surface area contributed by atoms with E-state index in [1.165, 1.54) is 33.3 Å². The van der Waals surface area contributed by atoms with Crippen molar-refractivity contribution >= 4 is 22.1 Å². The number of nitrogens with zero attached hydrogens (tertiary/aromatic N) is 2. The van der Waals surface area contributed by atoms with Gasteiger partial charge < -0.3 is 19.3 Å². The first-order valence-electron chi connectivity index (χ1n) is 10.3. The number of hydrogen-bond acceptors (Lipinski definition) is 4. The van der Waals surface area contributed by atoms with Gasteiger partial charge >= 0.3 is 0 Å². The van der Waals surface area contributed by atoms with Crippen LogP contribution in [-0.2, 0) is 13.1 Å².